The first-order chi connectivity index (χ1) is 10.6. The number of rotatable bonds is 6. The van der Waals surface area contributed by atoms with Gasteiger partial charge in [0.2, 0.25) is 0 Å². The molecule has 0 aliphatic carbocycles. The van der Waals surface area contributed by atoms with Gasteiger partial charge in [-0.1, -0.05) is 59.5 Å². The van der Waals surface area contributed by atoms with Crippen LogP contribution in [0.25, 0.3) is 6.08 Å². The van der Waals surface area contributed by atoms with E-state index in [2.05, 4.69) is 22.5 Å². The van der Waals surface area contributed by atoms with E-state index < -0.39 is 0 Å². The molecule has 0 atom stereocenters. The summed E-state index contributed by atoms with van der Waals surface area (Å²) in [5.41, 5.74) is 0.841. The SMILES string of the molecule is C=CCOc1ccc(Br)cc1/C=C1\SC(=S)N(CCC)C1=O. The van der Waals surface area contributed by atoms with Crippen molar-refractivity contribution in [2.75, 3.05) is 13.2 Å². The summed E-state index contributed by atoms with van der Waals surface area (Å²) in [6.45, 7) is 6.74. The molecule has 22 heavy (non-hydrogen) atoms. The van der Waals surface area contributed by atoms with Gasteiger partial charge in [-0.05, 0) is 30.7 Å². The lowest BCUT2D eigenvalue weighted by Crippen LogP contribution is -2.28. The Kier molecular flexibility index (Phi) is 6.23. The summed E-state index contributed by atoms with van der Waals surface area (Å²) < 4.78 is 7.17. The predicted molar refractivity (Wildman–Crippen MR) is 100 cm³/mol. The quantitative estimate of drug-likeness (QED) is 0.397. The van der Waals surface area contributed by atoms with Crippen LogP contribution >= 0.6 is 39.9 Å². The van der Waals surface area contributed by atoms with Crippen molar-refractivity contribution in [3.8, 4) is 5.75 Å². The second-order valence-electron chi connectivity index (χ2n) is 4.62. The molecule has 0 bridgehead atoms. The van der Waals surface area contributed by atoms with Crippen LogP contribution < -0.4 is 4.74 Å². The zero-order chi connectivity index (χ0) is 16.1. The van der Waals surface area contributed by atoms with Crippen LogP contribution in [0.5, 0.6) is 5.75 Å². The molecule has 0 spiro atoms. The minimum absolute atomic E-state index is 0.0357. The fraction of sp³-hybridized carbons (Fsp3) is 0.250. The number of halogens is 1. The first kappa shape index (κ1) is 17.2. The van der Waals surface area contributed by atoms with Gasteiger partial charge < -0.3 is 4.74 Å². The lowest BCUT2D eigenvalue weighted by molar-refractivity contribution is -0.122. The molecule has 0 N–H and O–H groups in total. The third-order valence-electron chi connectivity index (χ3n) is 2.94. The summed E-state index contributed by atoms with van der Waals surface area (Å²) >= 11 is 10.1. The van der Waals surface area contributed by atoms with Crippen molar-refractivity contribution in [3.63, 3.8) is 0 Å². The number of thiocarbonyl (C=S) groups is 1. The van der Waals surface area contributed by atoms with Crippen molar-refractivity contribution in [2.45, 2.75) is 13.3 Å². The number of hydrogen-bond acceptors (Lipinski definition) is 4. The molecule has 1 heterocycles. The molecular formula is C16H16BrNO2S2. The van der Waals surface area contributed by atoms with Crippen molar-refractivity contribution in [2.24, 2.45) is 0 Å². The minimum Gasteiger partial charge on any atom is -0.489 e. The molecule has 6 heteroatoms. The lowest BCUT2D eigenvalue weighted by Gasteiger charge is -2.12. The van der Waals surface area contributed by atoms with Gasteiger partial charge in [-0.25, -0.2) is 0 Å². The Hall–Kier alpha value is -1.11. The van der Waals surface area contributed by atoms with Crippen molar-refractivity contribution >= 4 is 56.2 Å². The van der Waals surface area contributed by atoms with Crippen LogP contribution in [0.4, 0.5) is 0 Å². The van der Waals surface area contributed by atoms with Gasteiger partial charge in [-0.2, -0.15) is 0 Å². The highest BCUT2D eigenvalue weighted by Crippen LogP contribution is 2.35. The monoisotopic (exact) mass is 397 g/mol. The highest BCUT2D eigenvalue weighted by atomic mass is 79.9. The largest absolute Gasteiger partial charge is 0.489 e. The lowest BCUT2D eigenvalue weighted by atomic mass is 10.2. The van der Waals surface area contributed by atoms with Crippen LogP contribution in [0.2, 0.25) is 0 Å². The predicted octanol–water partition coefficient (Wildman–Crippen LogP) is 4.63. The molecule has 0 unspecified atom stereocenters. The summed E-state index contributed by atoms with van der Waals surface area (Å²) in [5.74, 6) is 0.676. The van der Waals surface area contributed by atoms with Crippen LogP contribution in [0, 0.1) is 0 Å². The Morgan fingerprint density at radius 3 is 2.95 bits per heavy atom. The second-order valence-corrected chi connectivity index (χ2v) is 7.21. The summed E-state index contributed by atoms with van der Waals surface area (Å²) in [6, 6.07) is 5.69. The van der Waals surface area contributed by atoms with E-state index in [1.165, 1.54) is 11.8 Å². The van der Waals surface area contributed by atoms with E-state index in [4.69, 9.17) is 17.0 Å². The molecular weight excluding hydrogens is 382 g/mol. The molecule has 2 rings (SSSR count). The van der Waals surface area contributed by atoms with E-state index in [0.717, 1.165) is 16.5 Å². The van der Waals surface area contributed by atoms with Gasteiger partial charge in [-0.3, -0.25) is 9.69 Å². The molecule has 1 saturated heterocycles. The Balaban J connectivity index is 2.32. The van der Waals surface area contributed by atoms with Crippen molar-refractivity contribution in [3.05, 3.63) is 45.8 Å². The Morgan fingerprint density at radius 2 is 2.27 bits per heavy atom. The second kappa shape index (κ2) is 7.94. The van der Waals surface area contributed by atoms with E-state index >= 15 is 0 Å². The van der Waals surface area contributed by atoms with E-state index in [1.54, 1.807) is 11.0 Å². The zero-order valence-electron chi connectivity index (χ0n) is 12.2. The molecule has 1 aliphatic rings. The average molecular weight is 398 g/mol. The molecule has 3 nitrogen and oxygen atoms in total. The van der Waals surface area contributed by atoms with E-state index in [9.17, 15) is 4.79 Å². The van der Waals surface area contributed by atoms with Gasteiger partial charge in [0.1, 0.15) is 16.7 Å². The number of nitrogens with zero attached hydrogens (tertiary/aromatic N) is 1. The van der Waals surface area contributed by atoms with Gasteiger partial charge in [-0.15, -0.1) is 0 Å². The zero-order valence-corrected chi connectivity index (χ0v) is 15.4. The Bertz CT molecular complexity index is 643. The van der Waals surface area contributed by atoms with Gasteiger partial charge in [0.15, 0.2) is 0 Å². The van der Waals surface area contributed by atoms with Crippen molar-refractivity contribution < 1.29 is 9.53 Å². The topological polar surface area (TPSA) is 29.5 Å². The highest BCUT2D eigenvalue weighted by Gasteiger charge is 2.31. The van der Waals surface area contributed by atoms with Crippen LogP contribution in [-0.2, 0) is 4.79 Å². The number of carbonyl (C=O) groups excluding carboxylic acids is 1. The average Bonchev–Trinajstić information content (AvgIpc) is 2.74. The van der Waals surface area contributed by atoms with Crippen LogP contribution in [0.1, 0.15) is 18.9 Å². The molecule has 0 saturated carbocycles. The fourth-order valence-corrected chi connectivity index (χ4v) is 3.65. The van der Waals surface area contributed by atoms with Crippen LogP contribution in [0.3, 0.4) is 0 Å². The molecule has 0 radical (unpaired) electrons. The molecule has 1 aliphatic heterocycles. The summed E-state index contributed by atoms with van der Waals surface area (Å²) in [4.78, 5) is 14.7. The van der Waals surface area contributed by atoms with Crippen molar-refractivity contribution in [1.29, 1.82) is 0 Å². The first-order valence-corrected chi connectivity index (χ1v) is 8.87. The van der Waals surface area contributed by atoms with Gasteiger partial charge in [0, 0.05) is 16.6 Å². The summed E-state index contributed by atoms with van der Waals surface area (Å²) in [7, 11) is 0. The molecule has 116 valence electrons. The normalized spacial score (nSPS) is 16.5. The molecule has 0 aromatic heterocycles. The fourth-order valence-electron chi connectivity index (χ4n) is 1.97. The summed E-state index contributed by atoms with van der Waals surface area (Å²) in [6.07, 6.45) is 4.40. The van der Waals surface area contributed by atoms with Crippen LogP contribution in [0.15, 0.2) is 40.2 Å². The van der Waals surface area contributed by atoms with Gasteiger partial charge in [0.05, 0.1) is 4.91 Å². The maximum absolute atomic E-state index is 12.4. The van der Waals surface area contributed by atoms with E-state index in [-0.39, 0.29) is 5.91 Å². The first-order valence-electron chi connectivity index (χ1n) is 6.85. The Labute approximate surface area is 148 Å². The standard InChI is InChI=1S/C16H16BrNO2S2/c1-3-7-18-15(19)14(22-16(18)21)10-11-9-12(17)5-6-13(11)20-8-4-2/h4-6,9-10H,2-3,7-8H2,1H3/b14-10-. The third-order valence-corrected chi connectivity index (χ3v) is 4.81. The third kappa shape index (κ3) is 4.00. The Morgan fingerprint density at radius 1 is 1.50 bits per heavy atom. The van der Waals surface area contributed by atoms with Gasteiger partial charge >= 0.3 is 0 Å². The van der Waals surface area contributed by atoms with E-state index in [1.807, 2.05) is 31.2 Å². The number of hydrogen-bond donors (Lipinski definition) is 0. The summed E-state index contributed by atoms with van der Waals surface area (Å²) in [5, 5.41) is 0. The van der Waals surface area contributed by atoms with E-state index in [0.29, 0.717) is 28.1 Å². The number of thioether (sulfide) groups is 1. The maximum atomic E-state index is 12.4. The molecule has 1 aromatic rings. The molecule has 1 fully saturated rings. The van der Waals surface area contributed by atoms with Crippen LogP contribution in [-0.4, -0.2) is 28.3 Å². The number of benzene rings is 1. The molecule has 1 aromatic carbocycles. The van der Waals surface area contributed by atoms with Gasteiger partial charge in [0.25, 0.3) is 5.91 Å². The number of ether oxygens (including phenoxy) is 1. The highest BCUT2D eigenvalue weighted by molar-refractivity contribution is 9.10. The smallest absolute Gasteiger partial charge is 0.266 e. The number of amides is 1. The van der Waals surface area contributed by atoms with Crippen molar-refractivity contribution in [1.82, 2.24) is 4.90 Å². The minimum atomic E-state index is -0.0357. The molecule has 1 amide bonds. The maximum Gasteiger partial charge on any atom is 0.266 e. The number of carbonyl (C=O) groups is 1.